The zero-order valence-electron chi connectivity index (χ0n) is 17.9. The van der Waals surface area contributed by atoms with Crippen LogP contribution < -0.4 is 9.80 Å². The lowest BCUT2D eigenvalue weighted by Crippen LogP contribution is -2.48. The van der Waals surface area contributed by atoms with Crippen molar-refractivity contribution in [1.29, 1.82) is 0 Å². The van der Waals surface area contributed by atoms with Gasteiger partial charge >= 0.3 is 23.9 Å². The van der Waals surface area contributed by atoms with Gasteiger partial charge in [-0.15, -0.1) is 23.2 Å². The average molecular weight is 543 g/mol. The maximum atomic E-state index is 13.7. The topological polar surface area (TPSA) is 162 Å². The highest BCUT2D eigenvalue weighted by Crippen LogP contribution is 2.51. The number of ether oxygens (including phenoxy) is 2. The maximum Gasteiger partial charge on any atom is 0.346 e. The second kappa shape index (κ2) is 7.31. The highest BCUT2D eigenvalue weighted by atomic mass is 35.5. The van der Waals surface area contributed by atoms with E-state index in [9.17, 15) is 38.4 Å². The molecule has 0 aliphatic carbocycles. The third-order valence-corrected chi connectivity index (χ3v) is 7.62. The Labute approximate surface area is 214 Å². The zero-order valence-corrected chi connectivity index (χ0v) is 19.4. The van der Waals surface area contributed by atoms with Crippen molar-refractivity contribution in [2.45, 2.75) is 10.8 Å². The van der Waals surface area contributed by atoms with Crippen LogP contribution in [-0.2, 0) is 28.7 Å². The lowest BCUT2D eigenvalue weighted by Gasteiger charge is -2.23. The molecule has 37 heavy (non-hydrogen) atoms. The summed E-state index contributed by atoms with van der Waals surface area (Å²) in [5, 5.41) is -3.85. The minimum Gasteiger partial charge on any atom is -0.386 e. The van der Waals surface area contributed by atoms with Gasteiger partial charge in [-0.2, -0.15) is 0 Å². The third kappa shape index (κ3) is 2.68. The molecule has 12 nitrogen and oxygen atoms in total. The fraction of sp³-hybridized carbons (Fsp3) is 0.130. The maximum absolute atomic E-state index is 13.7. The minimum atomic E-state index is -2.57. The van der Waals surface area contributed by atoms with Crippen molar-refractivity contribution in [2.75, 3.05) is 9.80 Å². The van der Waals surface area contributed by atoms with Crippen LogP contribution in [0.4, 0.5) is 11.4 Å². The van der Waals surface area contributed by atoms with Crippen LogP contribution in [0.15, 0.2) is 36.4 Å². The van der Waals surface area contributed by atoms with Gasteiger partial charge in [0.1, 0.15) is 10.8 Å². The molecule has 2 aromatic rings. The summed E-state index contributed by atoms with van der Waals surface area (Å²) in [6.45, 7) is 0. The molecule has 0 radical (unpaired) electrons. The van der Waals surface area contributed by atoms with Gasteiger partial charge in [0, 0.05) is 0 Å². The smallest absolute Gasteiger partial charge is 0.346 e. The molecule has 0 saturated carbocycles. The predicted octanol–water partition coefficient (Wildman–Crippen LogP) is 0.956. The standard InChI is InChI=1S/C23H8Cl2N2O10/c24-13-15(28)26(7-1-3-9-11(5-7)19(32)36-17(9)30)21(34)23(13)14(25)16(29)27(22(23)35)8-2-4-10-12(6-8)20(33)37-18(10)31/h1-6,13-14H/t13-,14?,23?/m0/s1. The van der Waals surface area contributed by atoms with Gasteiger partial charge in [0.15, 0.2) is 5.41 Å². The third-order valence-electron chi connectivity index (χ3n) is 6.56. The van der Waals surface area contributed by atoms with E-state index in [1.54, 1.807) is 0 Å². The molecular formula is C23H8Cl2N2O10. The summed E-state index contributed by atoms with van der Waals surface area (Å²) in [7, 11) is 0. The number of alkyl halides is 2. The van der Waals surface area contributed by atoms with Gasteiger partial charge < -0.3 is 9.47 Å². The molecule has 14 heteroatoms. The van der Waals surface area contributed by atoms with E-state index < -0.39 is 63.7 Å². The van der Waals surface area contributed by atoms with Crippen molar-refractivity contribution in [2.24, 2.45) is 5.41 Å². The molecule has 2 unspecified atom stereocenters. The van der Waals surface area contributed by atoms with Crippen LogP contribution in [0.1, 0.15) is 41.4 Å². The first-order valence-electron chi connectivity index (χ1n) is 10.4. The molecule has 3 atom stereocenters. The molecule has 2 saturated heterocycles. The molecule has 2 fully saturated rings. The average Bonchev–Trinajstić information content (AvgIpc) is 3.45. The Balaban J connectivity index is 1.43. The molecule has 4 aliphatic rings. The Bertz CT molecular complexity index is 1480. The normalized spacial score (nSPS) is 26.4. The Hall–Kier alpha value is -4.42. The predicted molar refractivity (Wildman–Crippen MR) is 119 cm³/mol. The van der Waals surface area contributed by atoms with Crippen molar-refractivity contribution in [3.05, 3.63) is 58.7 Å². The number of hydrogen-bond donors (Lipinski definition) is 0. The van der Waals surface area contributed by atoms with Crippen molar-refractivity contribution >= 4 is 82.1 Å². The van der Waals surface area contributed by atoms with Gasteiger partial charge in [0.25, 0.3) is 23.6 Å². The number of imide groups is 2. The van der Waals surface area contributed by atoms with E-state index in [1.807, 2.05) is 0 Å². The highest BCUT2D eigenvalue weighted by molar-refractivity contribution is 6.55. The molecule has 2 aromatic carbocycles. The van der Waals surface area contributed by atoms with Crippen LogP contribution >= 0.6 is 23.2 Å². The summed E-state index contributed by atoms with van der Waals surface area (Å²) >= 11 is 12.6. The fourth-order valence-corrected chi connectivity index (χ4v) is 5.64. The summed E-state index contributed by atoms with van der Waals surface area (Å²) in [6, 6.07) is 6.75. The van der Waals surface area contributed by atoms with Gasteiger partial charge in [-0.1, -0.05) is 0 Å². The number of hydrogen-bond acceptors (Lipinski definition) is 10. The van der Waals surface area contributed by atoms with E-state index in [4.69, 9.17) is 23.2 Å². The van der Waals surface area contributed by atoms with Gasteiger partial charge in [-0.3, -0.25) is 19.2 Å². The SMILES string of the molecule is O=C1OC(=O)c2cc(N3C(=O)C(Cl)C4(C3=O)C(=O)N(c3ccc5c(c3)C(=O)OC5=O)C(=O)[C@@H]4Cl)ccc21. The van der Waals surface area contributed by atoms with E-state index in [0.29, 0.717) is 9.80 Å². The molecule has 4 amide bonds. The monoisotopic (exact) mass is 542 g/mol. The first-order valence-corrected chi connectivity index (χ1v) is 11.2. The van der Waals surface area contributed by atoms with Crippen LogP contribution in [0.3, 0.4) is 0 Å². The molecule has 0 N–H and O–H groups in total. The highest BCUT2D eigenvalue weighted by Gasteiger charge is 2.74. The zero-order chi connectivity index (χ0) is 26.5. The van der Waals surface area contributed by atoms with Crippen LogP contribution in [0.25, 0.3) is 0 Å². The second-order valence-corrected chi connectivity index (χ2v) is 9.24. The number of cyclic esters (lactones) is 4. The molecule has 0 bridgehead atoms. The number of benzene rings is 2. The molecular weight excluding hydrogens is 535 g/mol. The number of carbonyl (C=O) groups excluding carboxylic acids is 8. The number of rotatable bonds is 2. The number of esters is 4. The van der Waals surface area contributed by atoms with Crippen molar-refractivity contribution < 1.29 is 47.8 Å². The number of nitrogens with zero attached hydrogens (tertiary/aromatic N) is 2. The second-order valence-electron chi connectivity index (χ2n) is 8.37. The van der Waals surface area contributed by atoms with Gasteiger partial charge in [-0.05, 0) is 36.4 Å². The summed E-state index contributed by atoms with van der Waals surface area (Å²) in [5.74, 6) is -8.48. The first-order chi connectivity index (χ1) is 17.5. The van der Waals surface area contributed by atoms with E-state index >= 15 is 0 Å². The molecule has 4 heterocycles. The summed E-state index contributed by atoms with van der Waals surface area (Å²) < 4.78 is 9.00. The number of amides is 4. The molecule has 184 valence electrons. The Morgan fingerprint density at radius 1 is 0.568 bits per heavy atom. The van der Waals surface area contributed by atoms with Gasteiger partial charge in [-0.25, -0.2) is 29.0 Å². The quantitative estimate of drug-likeness (QED) is 0.231. The molecule has 1 spiro atoms. The van der Waals surface area contributed by atoms with Crippen LogP contribution in [0.2, 0.25) is 0 Å². The molecule has 4 aliphatic heterocycles. The fourth-order valence-electron chi connectivity index (χ4n) is 4.75. The van der Waals surface area contributed by atoms with Gasteiger partial charge in [0.05, 0.1) is 33.6 Å². The lowest BCUT2D eigenvalue weighted by molar-refractivity contribution is -0.135. The number of halogens is 2. The molecule has 0 aromatic heterocycles. The van der Waals surface area contributed by atoms with Gasteiger partial charge in [0.2, 0.25) is 0 Å². The minimum absolute atomic E-state index is 0.0906. The van der Waals surface area contributed by atoms with Crippen molar-refractivity contribution in [3.8, 4) is 0 Å². The van der Waals surface area contributed by atoms with E-state index in [-0.39, 0.29) is 33.6 Å². The van der Waals surface area contributed by atoms with Crippen molar-refractivity contribution in [3.63, 3.8) is 0 Å². The van der Waals surface area contributed by atoms with E-state index in [2.05, 4.69) is 9.47 Å². The summed E-state index contributed by atoms with van der Waals surface area (Å²) in [5.41, 5.74) is -3.59. The summed E-state index contributed by atoms with van der Waals surface area (Å²) in [4.78, 5) is 102. The van der Waals surface area contributed by atoms with E-state index in [0.717, 1.165) is 24.3 Å². The molecule has 6 rings (SSSR count). The number of fused-ring (bicyclic) bond motifs is 2. The largest absolute Gasteiger partial charge is 0.386 e. The first kappa shape index (κ1) is 23.0. The Kier molecular flexibility index (Phi) is 4.54. The van der Waals surface area contributed by atoms with E-state index in [1.165, 1.54) is 12.1 Å². The van der Waals surface area contributed by atoms with Crippen LogP contribution in [0.5, 0.6) is 0 Å². The lowest BCUT2D eigenvalue weighted by atomic mass is 9.83. The van der Waals surface area contributed by atoms with Crippen LogP contribution in [0, 0.1) is 5.41 Å². The van der Waals surface area contributed by atoms with Crippen LogP contribution in [-0.4, -0.2) is 58.3 Å². The Morgan fingerprint density at radius 2 is 0.919 bits per heavy atom. The summed E-state index contributed by atoms with van der Waals surface area (Å²) in [6.07, 6.45) is 0. The Morgan fingerprint density at radius 3 is 1.30 bits per heavy atom. The number of carbonyl (C=O) groups is 8. The number of anilines is 2. The van der Waals surface area contributed by atoms with Crippen molar-refractivity contribution in [1.82, 2.24) is 0 Å².